The smallest absolute Gasteiger partial charge is 0.254 e. The number of amides is 1. The van der Waals surface area contributed by atoms with Crippen LogP contribution in [0.1, 0.15) is 41.6 Å². The van der Waals surface area contributed by atoms with Crippen molar-refractivity contribution < 1.29 is 9.53 Å². The molecule has 3 heterocycles. The van der Waals surface area contributed by atoms with Crippen LogP contribution < -0.4 is 0 Å². The summed E-state index contributed by atoms with van der Waals surface area (Å²) in [5, 5.41) is 3.91. The molecule has 1 amide bonds. The first kappa shape index (κ1) is 18.7. The van der Waals surface area contributed by atoms with E-state index >= 15 is 0 Å². The van der Waals surface area contributed by atoms with Crippen molar-refractivity contribution in [2.45, 2.75) is 43.9 Å². The summed E-state index contributed by atoms with van der Waals surface area (Å²) in [6.45, 7) is 3.39. The number of ether oxygens (including phenoxy) is 1. The van der Waals surface area contributed by atoms with Crippen molar-refractivity contribution in [1.82, 2.24) is 9.80 Å². The maximum absolute atomic E-state index is 12.6. The number of carbonyl (C=O) groups is 1. The third-order valence-corrected chi connectivity index (χ3v) is 6.78. The molecule has 0 radical (unpaired) electrons. The average molecular weight is 385 g/mol. The number of thiophene rings is 1. The van der Waals surface area contributed by atoms with E-state index in [4.69, 9.17) is 4.74 Å². The molecule has 1 atom stereocenters. The molecule has 2 aromatic rings. The molecule has 0 N–H and O–H groups in total. The summed E-state index contributed by atoms with van der Waals surface area (Å²) in [4.78, 5) is 17.1. The molecule has 0 aliphatic carbocycles. The number of carbonyl (C=O) groups excluding carboxylic acids is 1. The maximum Gasteiger partial charge on any atom is 0.254 e. The van der Waals surface area contributed by atoms with E-state index in [0.717, 1.165) is 57.5 Å². The molecule has 2 fully saturated rings. The van der Waals surface area contributed by atoms with Crippen LogP contribution in [-0.4, -0.2) is 54.1 Å². The minimum Gasteiger partial charge on any atom is -0.375 e. The van der Waals surface area contributed by atoms with Crippen LogP contribution in [0.15, 0.2) is 47.2 Å². The highest BCUT2D eigenvalue weighted by Crippen LogP contribution is 2.37. The van der Waals surface area contributed by atoms with Gasteiger partial charge in [0, 0.05) is 37.7 Å². The van der Waals surface area contributed by atoms with Crippen molar-refractivity contribution in [3.8, 4) is 0 Å². The zero-order valence-corrected chi connectivity index (χ0v) is 16.8. The van der Waals surface area contributed by atoms with E-state index in [1.165, 1.54) is 5.56 Å². The minimum atomic E-state index is -0.0563. The normalized spacial score (nSPS) is 22.3. The molecule has 0 saturated carbocycles. The Labute approximate surface area is 165 Å². The molecule has 2 aliphatic rings. The third-order valence-electron chi connectivity index (χ3n) is 6.10. The molecular formula is C22H28N2O2S. The summed E-state index contributed by atoms with van der Waals surface area (Å²) in [6, 6.07) is 13.1. The lowest BCUT2D eigenvalue weighted by molar-refractivity contribution is -0.128. The first-order valence-electron chi connectivity index (χ1n) is 9.85. The third kappa shape index (κ3) is 4.26. The number of likely N-dealkylation sites (tertiary alicyclic amines) is 1. The van der Waals surface area contributed by atoms with Gasteiger partial charge in [0.1, 0.15) is 0 Å². The fourth-order valence-electron chi connectivity index (χ4n) is 4.41. The van der Waals surface area contributed by atoms with Gasteiger partial charge in [0.25, 0.3) is 5.91 Å². The molecule has 4 nitrogen and oxygen atoms in total. The quantitative estimate of drug-likeness (QED) is 0.798. The Kier molecular flexibility index (Phi) is 5.62. The van der Waals surface area contributed by atoms with E-state index < -0.39 is 0 Å². The molecule has 4 rings (SSSR count). The first-order chi connectivity index (χ1) is 13.2. The van der Waals surface area contributed by atoms with Crippen molar-refractivity contribution in [3.05, 3.63) is 58.3 Å². The largest absolute Gasteiger partial charge is 0.375 e. The van der Waals surface area contributed by atoms with Gasteiger partial charge in [-0.1, -0.05) is 30.3 Å². The molecule has 144 valence electrons. The fourth-order valence-corrected chi connectivity index (χ4v) is 5.04. The second-order valence-corrected chi connectivity index (χ2v) is 8.66. The van der Waals surface area contributed by atoms with E-state index in [1.807, 2.05) is 21.7 Å². The molecular weight excluding hydrogens is 356 g/mol. The number of piperidine rings is 1. The highest BCUT2D eigenvalue weighted by molar-refractivity contribution is 7.08. The second kappa shape index (κ2) is 8.13. The van der Waals surface area contributed by atoms with E-state index in [0.29, 0.717) is 6.04 Å². The Morgan fingerprint density at radius 1 is 1.26 bits per heavy atom. The highest BCUT2D eigenvalue weighted by Gasteiger charge is 2.42. The van der Waals surface area contributed by atoms with Gasteiger partial charge >= 0.3 is 0 Å². The topological polar surface area (TPSA) is 32.8 Å². The molecule has 1 aromatic heterocycles. The minimum absolute atomic E-state index is 0.0563. The van der Waals surface area contributed by atoms with E-state index in [2.05, 4.69) is 42.3 Å². The van der Waals surface area contributed by atoms with Gasteiger partial charge in [0.15, 0.2) is 0 Å². The lowest BCUT2D eigenvalue weighted by atomic mass is 9.81. The van der Waals surface area contributed by atoms with Crippen LogP contribution in [0.5, 0.6) is 0 Å². The van der Waals surface area contributed by atoms with Crippen molar-refractivity contribution in [2.75, 3.05) is 26.7 Å². The van der Waals surface area contributed by atoms with Crippen LogP contribution in [-0.2, 0) is 11.3 Å². The number of benzene rings is 1. The van der Waals surface area contributed by atoms with Crippen LogP contribution in [0.4, 0.5) is 0 Å². The predicted octanol–water partition coefficient (Wildman–Crippen LogP) is 4.03. The number of hydrogen-bond acceptors (Lipinski definition) is 4. The van der Waals surface area contributed by atoms with Gasteiger partial charge in [-0.15, -0.1) is 0 Å². The number of nitrogens with zero attached hydrogens (tertiary/aromatic N) is 2. The molecule has 27 heavy (non-hydrogen) atoms. The van der Waals surface area contributed by atoms with E-state index in [9.17, 15) is 4.79 Å². The van der Waals surface area contributed by atoms with Gasteiger partial charge in [-0.2, -0.15) is 11.3 Å². The zero-order valence-electron chi connectivity index (χ0n) is 16.0. The van der Waals surface area contributed by atoms with Gasteiger partial charge < -0.3 is 9.64 Å². The van der Waals surface area contributed by atoms with Crippen LogP contribution in [0.25, 0.3) is 0 Å². The summed E-state index contributed by atoms with van der Waals surface area (Å²) in [7, 11) is 2.23. The van der Waals surface area contributed by atoms with E-state index in [1.54, 1.807) is 11.3 Å². The van der Waals surface area contributed by atoms with Crippen molar-refractivity contribution in [2.24, 2.45) is 0 Å². The Hall–Kier alpha value is -1.69. The Balaban J connectivity index is 1.35. The molecule has 2 aliphatic heterocycles. The summed E-state index contributed by atoms with van der Waals surface area (Å²) in [5.41, 5.74) is 2.12. The second-order valence-electron chi connectivity index (χ2n) is 7.88. The highest BCUT2D eigenvalue weighted by atomic mass is 32.1. The van der Waals surface area contributed by atoms with Gasteiger partial charge in [0.2, 0.25) is 0 Å². The molecule has 2 saturated heterocycles. The molecule has 1 spiro atoms. The fraction of sp³-hybridized carbons (Fsp3) is 0.500. The lowest BCUT2D eigenvalue weighted by Gasteiger charge is -2.48. The van der Waals surface area contributed by atoms with Crippen molar-refractivity contribution >= 4 is 17.2 Å². The molecule has 1 unspecified atom stereocenters. The molecule has 5 heteroatoms. The van der Waals surface area contributed by atoms with Gasteiger partial charge in [0.05, 0.1) is 11.2 Å². The van der Waals surface area contributed by atoms with Gasteiger partial charge in [-0.05, 0) is 49.7 Å². The zero-order chi connectivity index (χ0) is 18.7. The van der Waals surface area contributed by atoms with Crippen molar-refractivity contribution in [1.29, 1.82) is 0 Å². The van der Waals surface area contributed by atoms with Crippen molar-refractivity contribution in [3.63, 3.8) is 0 Å². The SMILES string of the molecule is CN(Cc1ccccc1)C1CCOC2(CCN(C(=O)c3ccsc3)CC2)C1. The molecule has 0 bridgehead atoms. The summed E-state index contributed by atoms with van der Waals surface area (Å²) in [5.74, 6) is 0.166. The Bertz CT molecular complexity index is 739. The van der Waals surface area contributed by atoms with Crippen LogP contribution in [0.2, 0.25) is 0 Å². The lowest BCUT2D eigenvalue weighted by Crippen LogP contribution is -2.53. The number of rotatable bonds is 4. The predicted molar refractivity (Wildman–Crippen MR) is 109 cm³/mol. The average Bonchev–Trinajstić information content (AvgIpc) is 3.24. The van der Waals surface area contributed by atoms with E-state index in [-0.39, 0.29) is 11.5 Å². The first-order valence-corrected chi connectivity index (χ1v) is 10.8. The maximum atomic E-state index is 12.6. The Morgan fingerprint density at radius 2 is 2.04 bits per heavy atom. The molecule has 1 aromatic carbocycles. The van der Waals surface area contributed by atoms with Crippen LogP contribution >= 0.6 is 11.3 Å². The summed E-state index contributed by atoms with van der Waals surface area (Å²) < 4.78 is 6.29. The van der Waals surface area contributed by atoms with Crippen LogP contribution in [0.3, 0.4) is 0 Å². The van der Waals surface area contributed by atoms with Crippen LogP contribution in [0, 0.1) is 0 Å². The monoisotopic (exact) mass is 384 g/mol. The Morgan fingerprint density at radius 3 is 2.74 bits per heavy atom. The number of hydrogen-bond donors (Lipinski definition) is 0. The standard InChI is InChI=1S/C22H28N2O2S/c1-23(16-18-5-3-2-4-6-18)20-7-13-26-22(15-20)9-11-24(12-10-22)21(25)19-8-14-27-17-19/h2-6,8,14,17,20H,7,9-13,15-16H2,1H3. The summed E-state index contributed by atoms with van der Waals surface area (Å²) >= 11 is 1.58. The summed E-state index contributed by atoms with van der Waals surface area (Å²) in [6.07, 6.45) is 4.04. The van der Waals surface area contributed by atoms with Gasteiger partial charge in [-0.3, -0.25) is 9.69 Å². The van der Waals surface area contributed by atoms with Gasteiger partial charge in [-0.25, -0.2) is 0 Å².